The van der Waals surface area contributed by atoms with Crippen LogP contribution in [0.3, 0.4) is 0 Å². The van der Waals surface area contributed by atoms with Crippen LogP contribution >= 0.6 is 0 Å². The number of carbonyl (C=O) groups excluding carboxylic acids is 1. The average Bonchev–Trinajstić information content (AvgIpc) is 3.10. The molecule has 140 valence electrons. The molecule has 2 atom stereocenters. The summed E-state index contributed by atoms with van der Waals surface area (Å²) in [6, 6.07) is 9.86. The molecule has 0 saturated carbocycles. The third-order valence-electron chi connectivity index (χ3n) is 4.56. The minimum atomic E-state index is -0.527. The Morgan fingerprint density at radius 2 is 2.00 bits per heavy atom. The van der Waals surface area contributed by atoms with Crippen LogP contribution in [0.15, 0.2) is 34.9 Å². The minimum Gasteiger partial charge on any atom is -0.444 e. The Morgan fingerprint density at radius 1 is 1.27 bits per heavy atom. The van der Waals surface area contributed by atoms with Gasteiger partial charge >= 0.3 is 6.09 Å². The Morgan fingerprint density at radius 3 is 2.69 bits per heavy atom. The van der Waals surface area contributed by atoms with Crippen molar-refractivity contribution in [1.29, 1.82) is 0 Å². The van der Waals surface area contributed by atoms with E-state index in [9.17, 15) is 4.79 Å². The summed E-state index contributed by atoms with van der Waals surface area (Å²) < 4.78 is 11.1. The van der Waals surface area contributed by atoms with Gasteiger partial charge in [0.2, 0.25) is 5.89 Å². The summed E-state index contributed by atoms with van der Waals surface area (Å²) in [7, 11) is 0. The highest BCUT2D eigenvalue weighted by atomic mass is 16.6. The predicted octanol–water partition coefficient (Wildman–Crippen LogP) is 4.68. The Hall–Kier alpha value is -2.37. The van der Waals surface area contributed by atoms with Gasteiger partial charge in [-0.25, -0.2) is 4.79 Å². The zero-order valence-electron chi connectivity index (χ0n) is 15.9. The molecule has 0 aliphatic carbocycles. The minimum absolute atomic E-state index is 0.0345. The Kier molecular flexibility index (Phi) is 5.30. The topological polar surface area (TPSA) is 68.5 Å². The van der Waals surface area contributed by atoms with Crippen LogP contribution in [-0.4, -0.2) is 33.3 Å². The zero-order valence-corrected chi connectivity index (χ0v) is 15.9. The van der Waals surface area contributed by atoms with Crippen LogP contribution in [0, 0.1) is 0 Å². The lowest BCUT2D eigenvalue weighted by Gasteiger charge is -2.34. The van der Waals surface area contributed by atoms with Crippen molar-refractivity contribution >= 4 is 6.09 Å². The molecule has 1 aromatic heterocycles. The maximum Gasteiger partial charge on any atom is 0.410 e. The van der Waals surface area contributed by atoms with Gasteiger partial charge in [-0.3, -0.25) is 4.90 Å². The van der Waals surface area contributed by atoms with Crippen LogP contribution in [0.5, 0.6) is 0 Å². The predicted molar refractivity (Wildman–Crippen MR) is 97.8 cm³/mol. The van der Waals surface area contributed by atoms with Gasteiger partial charge < -0.3 is 9.26 Å². The fraction of sp³-hybridized carbons (Fsp3) is 0.550. The monoisotopic (exact) mass is 357 g/mol. The second-order valence-corrected chi connectivity index (χ2v) is 7.81. The first-order valence-electron chi connectivity index (χ1n) is 9.23. The van der Waals surface area contributed by atoms with E-state index >= 15 is 0 Å². The van der Waals surface area contributed by atoms with Gasteiger partial charge in [-0.1, -0.05) is 42.4 Å². The summed E-state index contributed by atoms with van der Waals surface area (Å²) in [6.07, 6.45) is 2.46. The van der Waals surface area contributed by atoms with Gasteiger partial charge in [0.15, 0.2) is 5.82 Å². The number of rotatable bonds is 3. The third-order valence-corrected chi connectivity index (χ3v) is 4.56. The SMILES string of the molecule is CC(c1ccccc1)c1noc([C@@H]2CCCCN2C(=O)OC(C)(C)C)n1. The van der Waals surface area contributed by atoms with E-state index in [1.807, 2.05) is 51.1 Å². The first kappa shape index (κ1) is 18.4. The Bertz CT molecular complexity index is 736. The molecule has 2 aromatic rings. The summed E-state index contributed by atoms with van der Waals surface area (Å²) in [5.41, 5.74) is 0.605. The molecular weight excluding hydrogens is 330 g/mol. The molecule has 6 nitrogen and oxygen atoms in total. The molecule has 0 radical (unpaired) electrons. The summed E-state index contributed by atoms with van der Waals surface area (Å²) in [5, 5.41) is 4.17. The molecule has 1 fully saturated rings. The van der Waals surface area contributed by atoms with Gasteiger partial charge in [0.25, 0.3) is 0 Å². The maximum absolute atomic E-state index is 12.6. The van der Waals surface area contributed by atoms with E-state index in [0.717, 1.165) is 24.8 Å². The molecule has 1 aliphatic heterocycles. The molecule has 1 amide bonds. The zero-order chi connectivity index (χ0) is 18.7. The first-order valence-corrected chi connectivity index (χ1v) is 9.23. The second kappa shape index (κ2) is 7.48. The molecule has 6 heteroatoms. The number of nitrogens with zero attached hydrogens (tertiary/aromatic N) is 3. The summed E-state index contributed by atoms with van der Waals surface area (Å²) >= 11 is 0. The molecule has 1 aromatic carbocycles. The van der Waals surface area contributed by atoms with E-state index in [2.05, 4.69) is 17.1 Å². The Balaban J connectivity index is 1.79. The van der Waals surface area contributed by atoms with Gasteiger partial charge in [0.1, 0.15) is 11.6 Å². The van der Waals surface area contributed by atoms with Crippen LogP contribution < -0.4 is 0 Å². The van der Waals surface area contributed by atoms with E-state index in [-0.39, 0.29) is 18.1 Å². The summed E-state index contributed by atoms with van der Waals surface area (Å²) in [6.45, 7) is 8.31. The van der Waals surface area contributed by atoms with Gasteiger partial charge in [-0.15, -0.1) is 0 Å². The molecule has 0 spiro atoms. The van der Waals surface area contributed by atoms with Gasteiger partial charge in [0, 0.05) is 12.5 Å². The molecule has 1 saturated heterocycles. The fourth-order valence-electron chi connectivity index (χ4n) is 3.18. The highest BCUT2D eigenvalue weighted by molar-refractivity contribution is 5.68. The quantitative estimate of drug-likeness (QED) is 0.797. The van der Waals surface area contributed by atoms with Crippen LogP contribution in [-0.2, 0) is 4.74 Å². The van der Waals surface area contributed by atoms with Crippen LogP contribution in [0.2, 0.25) is 0 Å². The van der Waals surface area contributed by atoms with Gasteiger partial charge in [-0.2, -0.15) is 4.98 Å². The van der Waals surface area contributed by atoms with Crippen molar-refractivity contribution in [2.45, 2.75) is 64.5 Å². The molecular formula is C20H27N3O3. The van der Waals surface area contributed by atoms with Crippen LogP contribution in [0.1, 0.15) is 76.2 Å². The number of carbonyl (C=O) groups is 1. The molecule has 0 N–H and O–H groups in total. The molecule has 0 bridgehead atoms. The van der Waals surface area contributed by atoms with Gasteiger partial charge in [-0.05, 0) is 45.6 Å². The first-order chi connectivity index (χ1) is 12.3. The van der Waals surface area contributed by atoms with Crippen molar-refractivity contribution in [1.82, 2.24) is 15.0 Å². The van der Waals surface area contributed by atoms with E-state index in [4.69, 9.17) is 9.26 Å². The summed E-state index contributed by atoms with van der Waals surface area (Å²) in [5.74, 6) is 1.17. The lowest BCUT2D eigenvalue weighted by molar-refractivity contribution is 0.00538. The number of piperidine rings is 1. The number of hydrogen-bond acceptors (Lipinski definition) is 5. The number of amides is 1. The van der Waals surface area contributed by atoms with Crippen molar-refractivity contribution in [2.75, 3.05) is 6.54 Å². The van der Waals surface area contributed by atoms with Crippen molar-refractivity contribution in [2.24, 2.45) is 0 Å². The average molecular weight is 357 g/mol. The number of ether oxygens (including phenoxy) is 1. The normalized spacial score (nSPS) is 19.2. The lowest BCUT2D eigenvalue weighted by atomic mass is 10.0. The van der Waals surface area contributed by atoms with Crippen molar-refractivity contribution < 1.29 is 14.1 Å². The maximum atomic E-state index is 12.6. The van der Waals surface area contributed by atoms with Crippen molar-refractivity contribution in [3.8, 4) is 0 Å². The Labute approximate surface area is 154 Å². The molecule has 3 rings (SSSR count). The lowest BCUT2D eigenvalue weighted by Crippen LogP contribution is -2.42. The summed E-state index contributed by atoms with van der Waals surface area (Å²) in [4.78, 5) is 18.9. The number of benzene rings is 1. The smallest absolute Gasteiger partial charge is 0.410 e. The van der Waals surface area contributed by atoms with Gasteiger partial charge in [0.05, 0.1) is 0 Å². The number of hydrogen-bond donors (Lipinski definition) is 0. The highest BCUT2D eigenvalue weighted by Gasteiger charge is 2.35. The van der Waals surface area contributed by atoms with Crippen molar-refractivity contribution in [3.05, 3.63) is 47.6 Å². The molecule has 26 heavy (non-hydrogen) atoms. The van der Waals surface area contributed by atoms with Crippen molar-refractivity contribution in [3.63, 3.8) is 0 Å². The van der Waals surface area contributed by atoms with E-state index in [1.165, 1.54) is 0 Å². The number of likely N-dealkylation sites (tertiary alicyclic amines) is 1. The molecule has 1 unspecified atom stereocenters. The number of aromatic nitrogens is 2. The largest absolute Gasteiger partial charge is 0.444 e. The molecule has 2 heterocycles. The van der Waals surface area contributed by atoms with Crippen LogP contribution in [0.4, 0.5) is 4.79 Å². The van der Waals surface area contributed by atoms with Crippen LogP contribution in [0.25, 0.3) is 0 Å². The second-order valence-electron chi connectivity index (χ2n) is 7.81. The van der Waals surface area contributed by atoms with E-state index in [0.29, 0.717) is 18.3 Å². The fourth-order valence-corrected chi connectivity index (χ4v) is 3.18. The highest BCUT2D eigenvalue weighted by Crippen LogP contribution is 2.32. The third kappa shape index (κ3) is 4.23. The standard InChI is InChI=1S/C20H27N3O3/c1-14(15-10-6-5-7-11-15)17-21-18(26-22-17)16-12-8-9-13-23(16)19(24)25-20(2,3)4/h5-7,10-11,14,16H,8-9,12-13H2,1-4H3/t14?,16-/m0/s1. The van der Waals surface area contributed by atoms with E-state index in [1.54, 1.807) is 4.90 Å². The molecule has 1 aliphatic rings. The van der Waals surface area contributed by atoms with E-state index < -0.39 is 5.60 Å².